The second-order valence-corrected chi connectivity index (χ2v) is 5.57. The van der Waals surface area contributed by atoms with Gasteiger partial charge in [-0.1, -0.05) is 24.3 Å². The van der Waals surface area contributed by atoms with Gasteiger partial charge in [0.1, 0.15) is 0 Å². The van der Waals surface area contributed by atoms with E-state index >= 15 is 0 Å². The van der Waals surface area contributed by atoms with Crippen LogP contribution in [0, 0.1) is 11.6 Å². The molecule has 5 heteroatoms. The van der Waals surface area contributed by atoms with Crippen molar-refractivity contribution < 1.29 is 18.4 Å². The fourth-order valence-electron chi connectivity index (χ4n) is 2.63. The second-order valence-electron chi connectivity index (χ2n) is 5.57. The molecule has 0 aromatic heterocycles. The van der Waals surface area contributed by atoms with E-state index in [1.165, 1.54) is 18.2 Å². The van der Waals surface area contributed by atoms with E-state index in [1.807, 2.05) is 0 Å². The summed E-state index contributed by atoms with van der Waals surface area (Å²) in [6.45, 7) is 0.654. The highest BCUT2D eigenvalue weighted by Gasteiger charge is 2.22. The van der Waals surface area contributed by atoms with Gasteiger partial charge < -0.3 is 4.90 Å². The van der Waals surface area contributed by atoms with Gasteiger partial charge in [-0.25, -0.2) is 8.78 Å². The van der Waals surface area contributed by atoms with Crippen molar-refractivity contribution in [1.82, 2.24) is 0 Å². The van der Waals surface area contributed by atoms with Gasteiger partial charge in [0.15, 0.2) is 17.4 Å². The lowest BCUT2D eigenvalue weighted by Crippen LogP contribution is -2.23. The summed E-state index contributed by atoms with van der Waals surface area (Å²) in [5.41, 5.74) is 1.53. The Labute approximate surface area is 138 Å². The number of ketones is 1. The van der Waals surface area contributed by atoms with E-state index < -0.39 is 11.6 Å². The number of benzene rings is 2. The van der Waals surface area contributed by atoms with Gasteiger partial charge >= 0.3 is 0 Å². The molecule has 0 bridgehead atoms. The van der Waals surface area contributed by atoms with Crippen LogP contribution in [0.15, 0.2) is 48.5 Å². The quantitative estimate of drug-likeness (QED) is 0.629. The molecule has 0 saturated carbocycles. The molecule has 0 spiro atoms. The third-order valence-corrected chi connectivity index (χ3v) is 3.89. The van der Waals surface area contributed by atoms with Crippen LogP contribution in [-0.2, 0) is 4.79 Å². The zero-order chi connectivity index (χ0) is 17.1. The first-order valence-electron chi connectivity index (χ1n) is 7.62. The van der Waals surface area contributed by atoms with Crippen LogP contribution in [-0.4, -0.2) is 18.2 Å². The number of nitrogens with zero attached hydrogens (tertiary/aromatic N) is 1. The minimum Gasteiger partial charge on any atom is -0.312 e. The van der Waals surface area contributed by atoms with Gasteiger partial charge in [0.2, 0.25) is 5.91 Å². The van der Waals surface area contributed by atoms with Gasteiger partial charge in [0.25, 0.3) is 0 Å². The molecule has 3 nitrogen and oxygen atoms in total. The molecule has 3 rings (SSSR count). The molecule has 0 atom stereocenters. The van der Waals surface area contributed by atoms with E-state index in [1.54, 1.807) is 29.2 Å². The minimum absolute atomic E-state index is 0.0527. The Morgan fingerprint density at radius 1 is 1.08 bits per heavy atom. The molecule has 122 valence electrons. The Morgan fingerprint density at radius 2 is 1.92 bits per heavy atom. The first-order valence-corrected chi connectivity index (χ1v) is 7.62. The average Bonchev–Trinajstić information content (AvgIpc) is 3.02. The smallest absolute Gasteiger partial charge is 0.227 e. The SMILES string of the molecule is O=C(C=Cc1ccc(F)c(F)c1)c1cccc(N2CCCC2=O)c1. The van der Waals surface area contributed by atoms with Gasteiger partial charge in [-0.2, -0.15) is 0 Å². The molecule has 1 heterocycles. The Bertz CT molecular complexity index is 830. The number of hydrogen-bond acceptors (Lipinski definition) is 2. The number of allylic oxidation sites excluding steroid dienone is 1. The summed E-state index contributed by atoms with van der Waals surface area (Å²) in [5.74, 6) is -2.11. The highest BCUT2D eigenvalue weighted by molar-refractivity contribution is 6.08. The van der Waals surface area contributed by atoms with Crippen molar-refractivity contribution in [1.29, 1.82) is 0 Å². The van der Waals surface area contributed by atoms with Gasteiger partial charge in [0.05, 0.1) is 0 Å². The van der Waals surface area contributed by atoms with E-state index in [0.29, 0.717) is 29.8 Å². The maximum atomic E-state index is 13.2. The zero-order valence-electron chi connectivity index (χ0n) is 12.8. The van der Waals surface area contributed by atoms with E-state index in [2.05, 4.69) is 0 Å². The number of amides is 1. The Balaban J connectivity index is 1.78. The van der Waals surface area contributed by atoms with Crippen LogP contribution in [0.5, 0.6) is 0 Å². The Hall–Kier alpha value is -2.82. The number of hydrogen-bond donors (Lipinski definition) is 0. The summed E-state index contributed by atoms with van der Waals surface area (Å²) in [6.07, 6.45) is 4.07. The summed E-state index contributed by atoms with van der Waals surface area (Å²) in [6, 6.07) is 10.3. The third-order valence-electron chi connectivity index (χ3n) is 3.89. The summed E-state index contributed by atoms with van der Waals surface area (Å²) < 4.78 is 26.0. The van der Waals surface area contributed by atoms with E-state index in [9.17, 15) is 18.4 Å². The van der Waals surface area contributed by atoms with Crippen LogP contribution in [0.1, 0.15) is 28.8 Å². The van der Waals surface area contributed by atoms with E-state index in [-0.39, 0.29) is 11.7 Å². The average molecular weight is 327 g/mol. The first-order chi connectivity index (χ1) is 11.5. The third kappa shape index (κ3) is 3.40. The fraction of sp³-hybridized carbons (Fsp3) is 0.158. The monoisotopic (exact) mass is 327 g/mol. The fourth-order valence-corrected chi connectivity index (χ4v) is 2.63. The topological polar surface area (TPSA) is 37.4 Å². The molecule has 1 amide bonds. The number of halogens is 2. The predicted molar refractivity (Wildman–Crippen MR) is 87.8 cm³/mol. The molecule has 24 heavy (non-hydrogen) atoms. The molecule has 1 fully saturated rings. The summed E-state index contributed by atoms with van der Waals surface area (Å²) in [7, 11) is 0. The first kappa shape index (κ1) is 16.1. The van der Waals surface area contributed by atoms with Crippen molar-refractivity contribution >= 4 is 23.5 Å². The van der Waals surface area contributed by atoms with Crippen LogP contribution < -0.4 is 4.90 Å². The summed E-state index contributed by atoms with van der Waals surface area (Å²) >= 11 is 0. The second kappa shape index (κ2) is 6.74. The maximum absolute atomic E-state index is 13.2. The van der Waals surface area contributed by atoms with Gasteiger partial charge in [-0.3, -0.25) is 9.59 Å². The molecule has 0 unspecified atom stereocenters. The molecule has 2 aromatic carbocycles. The standard InChI is InChI=1S/C19H15F2NO2/c20-16-8-6-13(11-17(16)21)7-9-18(23)14-3-1-4-15(12-14)22-10-2-5-19(22)24/h1,3-4,6-9,11-12H,2,5,10H2. The zero-order valence-corrected chi connectivity index (χ0v) is 12.8. The lowest BCUT2D eigenvalue weighted by atomic mass is 10.1. The van der Waals surface area contributed by atoms with Crippen molar-refractivity contribution in [2.24, 2.45) is 0 Å². The summed E-state index contributed by atoms with van der Waals surface area (Å²) in [5, 5.41) is 0. The van der Waals surface area contributed by atoms with Crippen molar-refractivity contribution in [3.05, 3.63) is 71.3 Å². The number of rotatable bonds is 4. The van der Waals surface area contributed by atoms with Gasteiger partial charge in [-0.15, -0.1) is 0 Å². The van der Waals surface area contributed by atoms with Crippen molar-refractivity contribution in [3.63, 3.8) is 0 Å². The molecule has 0 N–H and O–H groups in total. The molecule has 1 aliphatic rings. The molecule has 0 aliphatic carbocycles. The van der Waals surface area contributed by atoms with Crippen LogP contribution in [0.25, 0.3) is 6.08 Å². The van der Waals surface area contributed by atoms with Crippen molar-refractivity contribution in [2.45, 2.75) is 12.8 Å². The maximum Gasteiger partial charge on any atom is 0.227 e. The van der Waals surface area contributed by atoms with Crippen molar-refractivity contribution in [2.75, 3.05) is 11.4 Å². The lowest BCUT2D eigenvalue weighted by Gasteiger charge is -2.16. The molecule has 0 radical (unpaired) electrons. The Kier molecular flexibility index (Phi) is 4.51. The Morgan fingerprint density at radius 3 is 2.62 bits per heavy atom. The highest BCUT2D eigenvalue weighted by atomic mass is 19.2. The van der Waals surface area contributed by atoms with E-state index in [0.717, 1.165) is 18.6 Å². The normalized spacial score (nSPS) is 14.6. The summed E-state index contributed by atoms with van der Waals surface area (Å²) in [4.78, 5) is 25.7. The molecule has 2 aromatic rings. The molecule has 1 aliphatic heterocycles. The van der Waals surface area contributed by atoms with E-state index in [4.69, 9.17) is 0 Å². The van der Waals surface area contributed by atoms with Gasteiger partial charge in [0, 0.05) is 24.2 Å². The molecule has 1 saturated heterocycles. The lowest BCUT2D eigenvalue weighted by molar-refractivity contribution is -0.117. The van der Waals surface area contributed by atoms with Crippen LogP contribution in [0.4, 0.5) is 14.5 Å². The number of anilines is 1. The number of carbonyl (C=O) groups is 2. The van der Waals surface area contributed by atoms with Crippen LogP contribution in [0.2, 0.25) is 0 Å². The van der Waals surface area contributed by atoms with Crippen molar-refractivity contribution in [3.8, 4) is 0 Å². The highest BCUT2D eigenvalue weighted by Crippen LogP contribution is 2.22. The predicted octanol–water partition coefficient (Wildman–Crippen LogP) is 3.99. The minimum atomic E-state index is -0.959. The largest absolute Gasteiger partial charge is 0.312 e. The molecular formula is C19H15F2NO2. The molecular weight excluding hydrogens is 312 g/mol. The van der Waals surface area contributed by atoms with Crippen LogP contribution in [0.3, 0.4) is 0 Å². The number of carbonyl (C=O) groups excluding carboxylic acids is 2. The van der Waals surface area contributed by atoms with Gasteiger partial charge in [-0.05, 0) is 42.3 Å². The van der Waals surface area contributed by atoms with Crippen LogP contribution >= 0.6 is 0 Å².